The number of halogens is 3. The number of amides is 1. The van der Waals surface area contributed by atoms with E-state index in [0.29, 0.717) is 39.6 Å². The fourth-order valence-corrected chi connectivity index (χ4v) is 5.53. The maximum atomic E-state index is 15.6. The van der Waals surface area contributed by atoms with Crippen LogP contribution in [0.25, 0.3) is 28.0 Å². The number of fused-ring (bicyclic) bond motifs is 1. The molecule has 0 spiro atoms. The van der Waals surface area contributed by atoms with Crippen LogP contribution < -0.4 is 20.3 Å². The van der Waals surface area contributed by atoms with Gasteiger partial charge in [-0.25, -0.2) is 18.4 Å². The van der Waals surface area contributed by atoms with Gasteiger partial charge in [-0.1, -0.05) is 35.9 Å². The van der Waals surface area contributed by atoms with Crippen molar-refractivity contribution in [2.75, 3.05) is 12.4 Å². The fraction of sp³-hybridized carbons (Fsp3) is 0.0541. The number of pyridine rings is 1. The zero-order valence-corrected chi connectivity index (χ0v) is 26.9. The van der Waals surface area contributed by atoms with Crippen molar-refractivity contribution in [3.05, 3.63) is 154 Å². The van der Waals surface area contributed by atoms with Crippen molar-refractivity contribution >= 4 is 34.2 Å². The Balaban J connectivity index is 1.18. The van der Waals surface area contributed by atoms with Gasteiger partial charge < -0.3 is 14.8 Å². The van der Waals surface area contributed by atoms with Crippen LogP contribution in [-0.4, -0.2) is 37.6 Å². The number of hydrogen-bond acceptors (Lipinski definition) is 7. The van der Waals surface area contributed by atoms with Crippen LogP contribution in [0.2, 0.25) is 5.02 Å². The summed E-state index contributed by atoms with van der Waals surface area (Å²) in [4.78, 5) is 30.7. The molecular weight excluding hydrogens is 666 g/mol. The van der Waals surface area contributed by atoms with Gasteiger partial charge in [0.2, 0.25) is 0 Å². The summed E-state index contributed by atoms with van der Waals surface area (Å²) in [6, 6.07) is 26.6. The number of hydrogen-bond donors (Lipinski definition) is 1. The Morgan fingerprint density at radius 3 is 2.44 bits per heavy atom. The molecule has 10 nitrogen and oxygen atoms in total. The lowest BCUT2D eigenvalue weighted by Crippen LogP contribution is -2.29. The molecule has 50 heavy (non-hydrogen) atoms. The number of nitrogens with one attached hydrogen (secondary N) is 1. The summed E-state index contributed by atoms with van der Waals surface area (Å²) in [5.41, 5.74) is 2.07. The van der Waals surface area contributed by atoms with E-state index < -0.39 is 23.1 Å². The zero-order chi connectivity index (χ0) is 34.8. The number of carbonyl (C=O) groups excluding carboxylic acids is 1. The molecule has 0 fully saturated rings. The highest BCUT2D eigenvalue weighted by Crippen LogP contribution is 2.38. The monoisotopic (exact) mass is 690 g/mol. The molecule has 3 heterocycles. The summed E-state index contributed by atoms with van der Waals surface area (Å²) in [5, 5.41) is 12.4. The Morgan fingerprint density at radius 2 is 1.70 bits per heavy atom. The summed E-state index contributed by atoms with van der Waals surface area (Å²) in [5.74, 6) is -1.16. The van der Waals surface area contributed by atoms with Gasteiger partial charge in [0.1, 0.15) is 28.6 Å². The summed E-state index contributed by atoms with van der Waals surface area (Å²) < 4.78 is 43.1. The van der Waals surface area contributed by atoms with Crippen molar-refractivity contribution in [3.63, 3.8) is 0 Å². The van der Waals surface area contributed by atoms with E-state index in [1.807, 2.05) is 30.3 Å². The number of rotatable bonds is 9. The number of benzene rings is 4. The molecule has 0 atom stereocenters. The van der Waals surface area contributed by atoms with Crippen LogP contribution >= 0.6 is 11.6 Å². The van der Waals surface area contributed by atoms with E-state index in [9.17, 15) is 14.0 Å². The molecule has 0 unspecified atom stereocenters. The normalized spacial score (nSPS) is 11.0. The van der Waals surface area contributed by atoms with Gasteiger partial charge in [0.15, 0.2) is 17.2 Å². The van der Waals surface area contributed by atoms with Crippen molar-refractivity contribution in [2.24, 2.45) is 0 Å². The Kier molecular flexibility index (Phi) is 8.75. The van der Waals surface area contributed by atoms with E-state index in [2.05, 4.69) is 15.4 Å². The molecule has 0 saturated heterocycles. The predicted octanol–water partition coefficient (Wildman–Crippen LogP) is 7.68. The number of ether oxygens (including phenoxy) is 2. The van der Waals surface area contributed by atoms with Crippen LogP contribution in [0.5, 0.6) is 17.2 Å². The Morgan fingerprint density at radius 1 is 0.900 bits per heavy atom. The lowest BCUT2D eigenvalue weighted by molar-refractivity contribution is 0.102. The SMILES string of the molecule is COc1ccc(Cn2nc(-c3cccc(Cl)c3)c3c(Oc4ccc(NC(=O)c5ccnn(-c6ccc(F)cc6)c5=O)cc4F)ccnc32)cc1. The average molecular weight is 691 g/mol. The molecule has 7 aromatic rings. The number of anilines is 1. The minimum atomic E-state index is -0.785. The maximum absolute atomic E-state index is 15.6. The lowest BCUT2D eigenvalue weighted by atomic mass is 10.1. The van der Waals surface area contributed by atoms with Gasteiger partial charge in [-0.15, -0.1) is 0 Å². The second-order valence-electron chi connectivity index (χ2n) is 11.0. The highest BCUT2D eigenvalue weighted by Gasteiger charge is 2.21. The molecule has 7 rings (SSSR count). The molecular formula is C37H25ClF2N6O4. The molecule has 248 valence electrons. The van der Waals surface area contributed by atoms with Gasteiger partial charge in [-0.05, 0) is 78.4 Å². The van der Waals surface area contributed by atoms with Gasteiger partial charge in [0, 0.05) is 34.7 Å². The maximum Gasteiger partial charge on any atom is 0.284 e. The van der Waals surface area contributed by atoms with Crippen LogP contribution in [-0.2, 0) is 6.54 Å². The van der Waals surface area contributed by atoms with Crippen LogP contribution in [0.15, 0.2) is 120 Å². The first kappa shape index (κ1) is 32.2. The van der Waals surface area contributed by atoms with E-state index in [1.54, 1.807) is 42.3 Å². The third kappa shape index (κ3) is 6.51. The van der Waals surface area contributed by atoms with E-state index in [4.69, 9.17) is 26.2 Å². The zero-order valence-electron chi connectivity index (χ0n) is 26.2. The first-order valence-electron chi connectivity index (χ1n) is 15.1. The Hall–Kier alpha value is -6.40. The Bertz CT molecular complexity index is 2430. The third-order valence-electron chi connectivity index (χ3n) is 7.76. The van der Waals surface area contributed by atoms with Crippen molar-refractivity contribution in [3.8, 4) is 34.2 Å². The van der Waals surface area contributed by atoms with Gasteiger partial charge >= 0.3 is 0 Å². The fourth-order valence-electron chi connectivity index (χ4n) is 5.34. The number of methoxy groups -OCH3 is 1. The second kappa shape index (κ2) is 13.6. The van der Waals surface area contributed by atoms with E-state index in [0.717, 1.165) is 22.1 Å². The minimum Gasteiger partial charge on any atom is -0.497 e. The van der Waals surface area contributed by atoms with Gasteiger partial charge in [0.25, 0.3) is 11.5 Å². The molecule has 0 radical (unpaired) electrons. The Labute approximate surface area is 288 Å². The standard InChI is InChI=1S/C37H25ClF2N6O4/c1-49-28-12-5-22(6-13-28)21-45-35-33(34(44-45)23-3-2-4-24(38)19-23)32(16-17-41-35)50-31-14-9-26(20-30(31)40)43-36(47)29-15-18-42-46(37(29)48)27-10-7-25(39)8-11-27/h2-20H,21H2,1H3,(H,43,47). The van der Waals surface area contributed by atoms with Crippen molar-refractivity contribution in [1.29, 1.82) is 0 Å². The summed E-state index contributed by atoms with van der Waals surface area (Å²) in [7, 11) is 1.60. The van der Waals surface area contributed by atoms with E-state index in [-0.39, 0.29) is 22.7 Å². The molecule has 13 heteroatoms. The van der Waals surface area contributed by atoms with Crippen LogP contribution in [0.4, 0.5) is 14.5 Å². The summed E-state index contributed by atoms with van der Waals surface area (Å²) in [6.45, 7) is 0.382. The molecule has 0 aliphatic carbocycles. The second-order valence-corrected chi connectivity index (χ2v) is 11.4. The summed E-state index contributed by atoms with van der Waals surface area (Å²) in [6.07, 6.45) is 2.81. The first-order chi connectivity index (χ1) is 24.3. The molecule has 0 aliphatic heterocycles. The van der Waals surface area contributed by atoms with E-state index in [1.165, 1.54) is 48.7 Å². The topological polar surface area (TPSA) is 113 Å². The number of carbonyl (C=O) groups is 1. The molecule has 0 bridgehead atoms. The first-order valence-corrected chi connectivity index (χ1v) is 15.5. The van der Waals surface area contributed by atoms with Crippen molar-refractivity contribution in [2.45, 2.75) is 6.54 Å². The van der Waals surface area contributed by atoms with Crippen LogP contribution in [0.1, 0.15) is 15.9 Å². The molecule has 4 aromatic carbocycles. The number of aromatic nitrogens is 5. The predicted molar refractivity (Wildman–Crippen MR) is 184 cm³/mol. The smallest absolute Gasteiger partial charge is 0.284 e. The van der Waals surface area contributed by atoms with Gasteiger partial charge in [-0.2, -0.15) is 14.9 Å². The molecule has 0 saturated carbocycles. The quantitative estimate of drug-likeness (QED) is 0.165. The largest absolute Gasteiger partial charge is 0.497 e. The molecule has 1 N–H and O–H groups in total. The van der Waals surface area contributed by atoms with Gasteiger partial charge in [-0.3, -0.25) is 9.59 Å². The minimum absolute atomic E-state index is 0.0798. The average Bonchev–Trinajstić information content (AvgIpc) is 3.49. The van der Waals surface area contributed by atoms with Crippen molar-refractivity contribution < 1.29 is 23.0 Å². The third-order valence-corrected chi connectivity index (χ3v) is 7.99. The highest BCUT2D eigenvalue weighted by atomic mass is 35.5. The van der Waals surface area contributed by atoms with Crippen LogP contribution in [0.3, 0.4) is 0 Å². The molecule has 3 aromatic heterocycles. The van der Waals surface area contributed by atoms with Crippen molar-refractivity contribution in [1.82, 2.24) is 24.5 Å². The molecule has 0 aliphatic rings. The number of nitrogens with zero attached hydrogens (tertiary/aromatic N) is 5. The summed E-state index contributed by atoms with van der Waals surface area (Å²) >= 11 is 6.33. The lowest BCUT2D eigenvalue weighted by Gasteiger charge is -2.11. The highest BCUT2D eigenvalue weighted by molar-refractivity contribution is 6.30. The van der Waals surface area contributed by atoms with E-state index >= 15 is 4.39 Å². The van der Waals surface area contributed by atoms with Gasteiger partial charge in [0.05, 0.1) is 24.7 Å². The van der Waals surface area contributed by atoms with Crippen LogP contribution in [0, 0.1) is 11.6 Å². The molecule has 1 amide bonds.